The first-order valence-corrected chi connectivity index (χ1v) is 8.29. The van der Waals surface area contributed by atoms with Crippen LogP contribution in [-0.2, 0) is 11.2 Å². The van der Waals surface area contributed by atoms with Gasteiger partial charge in [-0.05, 0) is 37.2 Å². The van der Waals surface area contributed by atoms with E-state index in [9.17, 15) is 4.79 Å². The van der Waals surface area contributed by atoms with E-state index in [1.165, 1.54) is 0 Å². The average Bonchev–Trinajstić information content (AvgIpc) is 2.62. The van der Waals surface area contributed by atoms with Gasteiger partial charge < -0.3 is 15.1 Å². The van der Waals surface area contributed by atoms with Gasteiger partial charge in [0, 0.05) is 45.0 Å². The van der Waals surface area contributed by atoms with Gasteiger partial charge in [0.2, 0.25) is 5.91 Å². The van der Waals surface area contributed by atoms with E-state index in [1.54, 1.807) is 18.6 Å². The smallest absolute Gasteiger partial charge is 0.224 e. The Morgan fingerprint density at radius 3 is 2.67 bits per heavy atom. The molecule has 1 aliphatic rings. The molecule has 0 radical (unpaired) electrons. The van der Waals surface area contributed by atoms with Crippen LogP contribution in [0.3, 0.4) is 0 Å². The SMILES string of the molecule is CN1CCN(c2ccc(NC(=O)CCc3cccnc3)cn2)CC1. The number of hydrogen-bond acceptors (Lipinski definition) is 5. The van der Waals surface area contributed by atoms with Crippen molar-refractivity contribution in [1.82, 2.24) is 14.9 Å². The molecule has 126 valence electrons. The Kier molecular flexibility index (Phi) is 5.38. The number of carbonyl (C=O) groups excluding carboxylic acids is 1. The molecule has 0 unspecified atom stereocenters. The lowest BCUT2D eigenvalue weighted by Crippen LogP contribution is -2.44. The van der Waals surface area contributed by atoms with Gasteiger partial charge in [0.1, 0.15) is 5.82 Å². The number of aryl methyl sites for hydroxylation is 1. The number of carbonyl (C=O) groups is 1. The quantitative estimate of drug-likeness (QED) is 0.908. The van der Waals surface area contributed by atoms with Crippen molar-refractivity contribution in [2.45, 2.75) is 12.8 Å². The largest absolute Gasteiger partial charge is 0.354 e. The number of pyridine rings is 2. The van der Waals surface area contributed by atoms with Gasteiger partial charge in [0.15, 0.2) is 0 Å². The molecular formula is C18H23N5O. The van der Waals surface area contributed by atoms with Crippen LogP contribution in [0, 0.1) is 0 Å². The van der Waals surface area contributed by atoms with Crippen molar-refractivity contribution < 1.29 is 4.79 Å². The minimum Gasteiger partial charge on any atom is -0.354 e. The van der Waals surface area contributed by atoms with Crippen LogP contribution in [-0.4, -0.2) is 54.0 Å². The van der Waals surface area contributed by atoms with E-state index in [-0.39, 0.29) is 5.91 Å². The molecule has 3 rings (SSSR count). The monoisotopic (exact) mass is 325 g/mol. The first-order chi connectivity index (χ1) is 11.7. The van der Waals surface area contributed by atoms with Gasteiger partial charge in [0.25, 0.3) is 0 Å². The fourth-order valence-electron chi connectivity index (χ4n) is 2.71. The fourth-order valence-corrected chi connectivity index (χ4v) is 2.71. The summed E-state index contributed by atoms with van der Waals surface area (Å²) in [6.07, 6.45) is 6.38. The highest BCUT2D eigenvalue weighted by Gasteiger charge is 2.15. The number of nitrogens with zero attached hydrogens (tertiary/aromatic N) is 4. The molecule has 6 nitrogen and oxygen atoms in total. The van der Waals surface area contributed by atoms with Crippen molar-refractivity contribution in [3.63, 3.8) is 0 Å². The molecule has 3 heterocycles. The highest BCUT2D eigenvalue weighted by Crippen LogP contribution is 2.16. The zero-order valence-electron chi connectivity index (χ0n) is 14.0. The molecule has 1 saturated heterocycles. The second-order valence-electron chi connectivity index (χ2n) is 6.10. The normalized spacial score (nSPS) is 15.3. The highest BCUT2D eigenvalue weighted by molar-refractivity contribution is 5.90. The molecule has 0 saturated carbocycles. The molecule has 24 heavy (non-hydrogen) atoms. The van der Waals surface area contributed by atoms with Crippen LogP contribution in [0.4, 0.5) is 11.5 Å². The predicted molar refractivity (Wildman–Crippen MR) is 95.1 cm³/mol. The molecule has 0 spiro atoms. The van der Waals surface area contributed by atoms with Crippen LogP contribution in [0.2, 0.25) is 0 Å². The maximum Gasteiger partial charge on any atom is 0.224 e. The first kappa shape index (κ1) is 16.4. The van der Waals surface area contributed by atoms with Crippen molar-refractivity contribution in [3.8, 4) is 0 Å². The summed E-state index contributed by atoms with van der Waals surface area (Å²) >= 11 is 0. The molecule has 0 aromatic carbocycles. The van der Waals surface area contributed by atoms with Crippen molar-refractivity contribution in [2.24, 2.45) is 0 Å². The van der Waals surface area contributed by atoms with E-state index in [0.29, 0.717) is 12.8 Å². The lowest BCUT2D eigenvalue weighted by atomic mass is 10.1. The first-order valence-electron chi connectivity index (χ1n) is 8.29. The van der Waals surface area contributed by atoms with E-state index in [4.69, 9.17) is 0 Å². The molecule has 6 heteroatoms. The Bertz CT molecular complexity index is 651. The van der Waals surface area contributed by atoms with Gasteiger partial charge in [-0.2, -0.15) is 0 Å². The van der Waals surface area contributed by atoms with Crippen LogP contribution in [0.5, 0.6) is 0 Å². The molecule has 1 aliphatic heterocycles. The zero-order valence-corrected chi connectivity index (χ0v) is 14.0. The van der Waals surface area contributed by atoms with Gasteiger partial charge in [-0.25, -0.2) is 4.98 Å². The fraction of sp³-hybridized carbons (Fsp3) is 0.389. The summed E-state index contributed by atoms with van der Waals surface area (Å²) < 4.78 is 0. The summed E-state index contributed by atoms with van der Waals surface area (Å²) in [4.78, 5) is 25.2. The standard InChI is InChI=1S/C18H23N5O/c1-22-9-11-23(12-10-22)17-6-5-16(14-20-17)21-18(24)7-4-15-3-2-8-19-13-15/h2-3,5-6,8,13-14H,4,7,9-12H2,1H3,(H,21,24). The molecule has 1 fully saturated rings. The Labute approximate surface area is 142 Å². The Balaban J connectivity index is 1.49. The number of anilines is 2. The van der Waals surface area contributed by atoms with Crippen molar-refractivity contribution >= 4 is 17.4 Å². The molecule has 1 N–H and O–H groups in total. The minimum atomic E-state index is -0.00648. The van der Waals surface area contributed by atoms with Gasteiger partial charge in [-0.1, -0.05) is 6.07 Å². The highest BCUT2D eigenvalue weighted by atomic mass is 16.1. The lowest BCUT2D eigenvalue weighted by Gasteiger charge is -2.33. The summed E-state index contributed by atoms with van der Waals surface area (Å²) in [7, 11) is 2.13. The topological polar surface area (TPSA) is 61.4 Å². The molecule has 0 atom stereocenters. The van der Waals surface area contributed by atoms with Crippen LogP contribution in [0.1, 0.15) is 12.0 Å². The van der Waals surface area contributed by atoms with Gasteiger partial charge >= 0.3 is 0 Å². The Morgan fingerprint density at radius 2 is 2.00 bits per heavy atom. The Hall–Kier alpha value is -2.47. The average molecular weight is 325 g/mol. The lowest BCUT2D eigenvalue weighted by molar-refractivity contribution is -0.116. The van der Waals surface area contributed by atoms with E-state index >= 15 is 0 Å². The molecule has 2 aromatic heterocycles. The number of rotatable bonds is 5. The van der Waals surface area contributed by atoms with Crippen molar-refractivity contribution in [2.75, 3.05) is 43.4 Å². The summed E-state index contributed by atoms with van der Waals surface area (Å²) in [5.41, 5.74) is 1.81. The van der Waals surface area contributed by atoms with Crippen molar-refractivity contribution in [1.29, 1.82) is 0 Å². The summed E-state index contributed by atoms with van der Waals surface area (Å²) in [5, 5.41) is 2.90. The third kappa shape index (κ3) is 4.52. The molecule has 0 bridgehead atoms. The molecule has 0 aliphatic carbocycles. The third-order valence-electron chi connectivity index (χ3n) is 4.22. The van der Waals surface area contributed by atoms with E-state index in [1.807, 2.05) is 24.3 Å². The predicted octanol–water partition coefficient (Wildman–Crippen LogP) is 1.80. The van der Waals surface area contributed by atoms with Crippen LogP contribution in [0.15, 0.2) is 42.9 Å². The van der Waals surface area contributed by atoms with Crippen molar-refractivity contribution in [3.05, 3.63) is 48.4 Å². The summed E-state index contributed by atoms with van der Waals surface area (Å²) in [6, 6.07) is 7.76. The second kappa shape index (κ2) is 7.88. The van der Waals surface area contributed by atoms with Gasteiger partial charge in [0.05, 0.1) is 11.9 Å². The zero-order chi connectivity index (χ0) is 16.8. The number of likely N-dealkylation sites (N-methyl/N-ethyl adjacent to an activating group) is 1. The van der Waals surface area contributed by atoms with Crippen LogP contribution >= 0.6 is 0 Å². The number of aromatic nitrogens is 2. The number of amides is 1. The van der Waals surface area contributed by atoms with E-state index < -0.39 is 0 Å². The molecule has 1 amide bonds. The maximum atomic E-state index is 12.0. The second-order valence-corrected chi connectivity index (χ2v) is 6.10. The molecule has 2 aromatic rings. The van der Waals surface area contributed by atoms with E-state index in [2.05, 4.69) is 32.1 Å². The Morgan fingerprint density at radius 1 is 1.17 bits per heavy atom. The van der Waals surface area contributed by atoms with Crippen LogP contribution < -0.4 is 10.2 Å². The van der Waals surface area contributed by atoms with E-state index in [0.717, 1.165) is 43.2 Å². The number of piperazine rings is 1. The third-order valence-corrected chi connectivity index (χ3v) is 4.22. The minimum absolute atomic E-state index is 0.00648. The maximum absolute atomic E-state index is 12.0. The number of nitrogens with one attached hydrogen (secondary N) is 1. The summed E-state index contributed by atoms with van der Waals surface area (Å²) in [6.45, 7) is 4.07. The van der Waals surface area contributed by atoms with Gasteiger partial charge in [-0.15, -0.1) is 0 Å². The van der Waals surface area contributed by atoms with Crippen LogP contribution in [0.25, 0.3) is 0 Å². The van der Waals surface area contributed by atoms with Gasteiger partial charge in [-0.3, -0.25) is 9.78 Å². The number of hydrogen-bond donors (Lipinski definition) is 1. The molecular weight excluding hydrogens is 302 g/mol. The summed E-state index contributed by atoms with van der Waals surface area (Å²) in [5.74, 6) is 0.962.